The maximum absolute atomic E-state index is 13.2. The van der Waals surface area contributed by atoms with Gasteiger partial charge in [0.05, 0.1) is 7.11 Å². The molecule has 1 saturated carbocycles. The molecule has 1 aliphatic carbocycles. The van der Waals surface area contributed by atoms with E-state index in [1.54, 1.807) is 40.0 Å². The Labute approximate surface area is 206 Å². The van der Waals surface area contributed by atoms with Gasteiger partial charge in [0.15, 0.2) is 0 Å². The zero-order valence-corrected chi connectivity index (χ0v) is 20.7. The van der Waals surface area contributed by atoms with Crippen molar-refractivity contribution in [2.45, 2.75) is 64.3 Å². The Balaban J connectivity index is 1.71. The number of nitrogens with one attached hydrogen (secondary N) is 2. The number of hydrogen-bond acceptors (Lipinski definition) is 6. The van der Waals surface area contributed by atoms with Crippen LogP contribution in [-0.4, -0.2) is 42.8 Å². The fourth-order valence-corrected chi connectivity index (χ4v) is 3.54. The van der Waals surface area contributed by atoms with Gasteiger partial charge in [-0.3, -0.25) is 4.79 Å². The highest BCUT2D eigenvalue weighted by molar-refractivity contribution is 5.90. The van der Waals surface area contributed by atoms with E-state index in [1.807, 2.05) is 42.5 Å². The van der Waals surface area contributed by atoms with Crippen molar-refractivity contribution < 1.29 is 28.6 Å². The van der Waals surface area contributed by atoms with Gasteiger partial charge >= 0.3 is 12.1 Å². The van der Waals surface area contributed by atoms with Crippen LogP contribution in [0.25, 0.3) is 0 Å². The van der Waals surface area contributed by atoms with E-state index in [2.05, 4.69) is 10.6 Å². The molecular weight excluding hydrogens is 448 g/mol. The first-order valence-corrected chi connectivity index (χ1v) is 11.8. The van der Waals surface area contributed by atoms with Crippen LogP contribution in [0.3, 0.4) is 0 Å². The number of carbonyl (C=O) groups excluding carboxylic acids is 3. The SMILES string of the molecule is COc1ccc(C[C@H](NC(=O)[C@@H](NC(=O)OC(C)(C)C)C2CC2)C(=O)OCc2ccccc2)cc1. The van der Waals surface area contributed by atoms with Crippen molar-refractivity contribution in [2.75, 3.05) is 7.11 Å². The fourth-order valence-electron chi connectivity index (χ4n) is 3.54. The predicted octanol–water partition coefficient (Wildman–Crippen LogP) is 3.77. The molecule has 3 rings (SSSR count). The van der Waals surface area contributed by atoms with E-state index in [4.69, 9.17) is 14.2 Å². The Morgan fingerprint density at radius 2 is 1.60 bits per heavy atom. The summed E-state index contributed by atoms with van der Waals surface area (Å²) in [7, 11) is 1.58. The molecule has 0 saturated heterocycles. The van der Waals surface area contributed by atoms with Crippen LogP contribution in [0.15, 0.2) is 54.6 Å². The van der Waals surface area contributed by atoms with Crippen LogP contribution in [0.2, 0.25) is 0 Å². The van der Waals surface area contributed by atoms with Gasteiger partial charge in [0.1, 0.15) is 30.0 Å². The number of rotatable bonds is 10. The van der Waals surface area contributed by atoms with Crippen LogP contribution in [0.5, 0.6) is 5.75 Å². The van der Waals surface area contributed by atoms with Gasteiger partial charge in [-0.05, 0) is 62.8 Å². The number of esters is 1. The van der Waals surface area contributed by atoms with E-state index >= 15 is 0 Å². The molecule has 0 aliphatic heterocycles. The second-order valence-corrected chi connectivity index (χ2v) is 9.67. The first-order chi connectivity index (χ1) is 16.6. The Hall–Kier alpha value is -3.55. The predicted molar refractivity (Wildman–Crippen MR) is 131 cm³/mol. The zero-order valence-electron chi connectivity index (χ0n) is 20.7. The standard InChI is InChI=1S/C27H34N2O6/c1-27(2,3)35-26(32)29-23(20-12-13-20)24(30)28-22(16-18-10-14-21(33-4)15-11-18)25(31)34-17-19-8-6-5-7-9-19/h5-11,14-15,20,22-23H,12-13,16-17H2,1-4H3,(H,28,30)(H,29,32)/t22-,23-/m0/s1. The van der Waals surface area contributed by atoms with E-state index in [0.717, 1.165) is 24.0 Å². The molecule has 0 aromatic heterocycles. The molecule has 0 radical (unpaired) electrons. The summed E-state index contributed by atoms with van der Waals surface area (Å²) in [5.74, 6) is -0.292. The number of amides is 2. The summed E-state index contributed by atoms with van der Waals surface area (Å²) in [4.78, 5) is 38.5. The van der Waals surface area contributed by atoms with Gasteiger partial charge in [-0.2, -0.15) is 0 Å². The molecule has 0 spiro atoms. The average Bonchev–Trinajstić information content (AvgIpc) is 3.66. The highest BCUT2D eigenvalue weighted by Crippen LogP contribution is 2.33. The lowest BCUT2D eigenvalue weighted by molar-refractivity contribution is -0.149. The van der Waals surface area contributed by atoms with E-state index < -0.39 is 35.7 Å². The molecule has 2 N–H and O–H groups in total. The van der Waals surface area contributed by atoms with Crippen molar-refractivity contribution in [1.82, 2.24) is 10.6 Å². The van der Waals surface area contributed by atoms with Gasteiger partial charge in [0.25, 0.3) is 0 Å². The first kappa shape index (κ1) is 26.1. The quantitative estimate of drug-likeness (QED) is 0.500. The Bertz CT molecular complexity index is 997. The molecule has 0 bridgehead atoms. The lowest BCUT2D eigenvalue weighted by atomic mass is 10.0. The van der Waals surface area contributed by atoms with Crippen LogP contribution >= 0.6 is 0 Å². The molecule has 0 unspecified atom stereocenters. The maximum Gasteiger partial charge on any atom is 0.408 e. The Morgan fingerprint density at radius 1 is 0.943 bits per heavy atom. The third kappa shape index (κ3) is 8.63. The number of carbonyl (C=O) groups is 3. The number of benzene rings is 2. The van der Waals surface area contributed by atoms with E-state index in [9.17, 15) is 14.4 Å². The first-order valence-electron chi connectivity index (χ1n) is 11.8. The van der Waals surface area contributed by atoms with Gasteiger partial charge in [0.2, 0.25) is 5.91 Å². The van der Waals surface area contributed by atoms with Crippen LogP contribution in [0.4, 0.5) is 4.79 Å². The molecule has 1 aliphatic rings. The lowest BCUT2D eigenvalue weighted by Gasteiger charge is -2.25. The van der Waals surface area contributed by atoms with Crippen molar-refractivity contribution in [3.8, 4) is 5.75 Å². The Kier molecular flexibility index (Phi) is 8.73. The minimum atomic E-state index is -0.929. The molecule has 35 heavy (non-hydrogen) atoms. The summed E-state index contributed by atoms with van der Waals surface area (Å²) in [5.41, 5.74) is 0.987. The molecule has 188 valence electrons. The molecular formula is C27H34N2O6. The third-order valence-electron chi connectivity index (χ3n) is 5.47. The minimum absolute atomic E-state index is 0.00416. The summed E-state index contributed by atoms with van der Waals surface area (Å²) in [5, 5.41) is 5.48. The largest absolute Gasteiger partial charge is 0.497 e. The summed E-state index contributed by atoms with van der Waals surface area (Å²) in [6, 6.07) is 14.9. The smallest absolute Gasteiger partial charge is 0.408 e. The summed E-state index contributed by atoms with van der Waals surface area (Å²) in [6.45, 7) is 5.36. The molecule has 2 amide bonds. The number of hydrogen-bond donors (Lipinski definition) is 2. The third-order valence-corrected chi connectivity index (χ3v) is 5.47. The maximum atomic E-state index is 13.2. The highest BCUT2D eigenvalue weighted by atomic mass is 16.6. The highest BCUT2D eigenvalue weighted by Gasteiger charge is 2.39. The molecule has 2 aromatic rings. The van der Waals surface area contributed by atoms with Crippen LogP contribution < -0.4 is 15.4 Å². The summed E-state index contributed by atoms with van der Waals surface area (Å²) >= 11 is 0. The topological polar surface area (TPSA) is 103 Å². The fraction of sp³-hybridized carbons (Fsp3) is 0.444. The van der Waals surface area contributed by atoms with Crippen molar-refractivity contribution in [3.05, 3.63) is 65.7 Å². The molecule has 2 atom stereocenters. The lowest BCUT2D eigenvalue weighted by Crippen LogP contribution is -2.54. The van der Waals surface area contributed by atoms with E-state index in [0.29, 0.717) is 5.75 Å². The van der Waals surface area contributed by atoms with Crippen molar-refractivity contribution in [1.29, 1.82) is 0 Å². The van der Waals surface area contributed by atoms with Crippen molar-refractivity contribution in [2.24, 2.45) is 5.92 Å². The van der Waals surface area contributed by atoms with Crippen LogP contribution in [-0.2, 0) is 32.1 Å². The minimum Gasteiger partial charge on any atom is -0.497 e. The van der Waals surface area contributed by atoms with Crippen molar-refractivity contribution >= 4 is 18.0 Å². The summed E-state index contributed by atoms with van der Waals surface area (Å²) < 4.78 is 16.0. The molecule has 0 heterocycles. The number of methoxy groups -OCH3 is 1. The Morgan fingerprint density at radius 3 is 2.17 bits per heavy atom. The molecule has 1 fully saturated rings. The summed E-state index contributed by atoms with van der Waals surface area (Å²) in [6.07, 6.45) is 1.20. The van der Waals surface area contributed by atoms with Gasteiger partial charge in [-0.1, -0.05) is 42.5 Å². The normalized spacial score (nSPS) is 14.9. The van der Waals surface area contributed by atoms with Crippen molar-refractivity contribution in [3.63, 3.8) is 0 Å². The average molecular weight is 483 g/mol. The number of ether oxygens (including phenoxy) is 3. The monoisotopic (exact) mass is 482 g/mol. The molecule has 8 nitrogen and oxygen atoms in total. The van der Waals surface area contributed by atoms with Gasteiger partial charge in [-0.15, -0.1) is 0 Å². The molecule has 8 heteroatoms. The van der Waals surface area contributed by atoms with Crippen LogP contribution in [0, 0.1) is 5.92 Å². The van der Waals surface area contributed by atoms with E-state index in [-0.39, 0.29) is 18.9 Å². The number of alkyl carbamates (subject to hydrolysis) is 1. The second kappa shape index (κ2) is 11.7. The van der Waals surface area contributed by atoms with Gasteiger partial charge in [0, 0.05) is 6.42 Å². The van der Waals surface area contributed by atoms with E-state index in [1.165, 1.54) is 0 Å². The van der Waals surface area contributed by atoms with Gasteiger partial charge < -0.3 is 24.8 Å². The second-order valence-electron chi connectivity index (χ2n) is 9.67. The molecule has 2 aromatic carbocycles. The van der Waals surface area contributed by atoms with Crippen LogP contribution in [0.1, 0.15) is 44.7 Å². The van der Waals surface area contributed by atoms with Gasteiger partial charge in [-0.25, -0.2) is 9.59 Å². The zero-order chi connectivity index (χ0) is 25.4.